The first kappa shape index (κ1) is 18.0. The lowest BCUT2D eigenvalue weighted by atomic mass is 10.2. The van der Waals surface area contributed by atoms with Crippen LogP contribution in [0.15, 0.2) is 73.2 Å². The molecule has 6 heteroatoms. The van der Waals surface area contributed by atoms with Gasteiger partial charge in [-0.25, -0.2) is 4.98 Å². The third-order valence-electron chi connectivity index (χ3n) is 4.92. The van der Waals surface area contributed by atoms with Gasteiger partial charge in [0.1, 0.15) is 5.69 Å². The Labute approximate surface area is 164 Å². The lowest BCUT2D eigenvalue weighted by Crippen LogP contribution is -2.46. The molecule has 1 N–H and O–H groups in total. The van der Waals surface area contributed by atoms with Crippen molar-refractivity contribution in [1.29, 1.82) is 0 Å². The van der Waals surface area contributed by atoms with E-state index in [1.54, 1.807) is 24.7 Å². The largest absolute Gasteiger partial charge is 0.368 e. The van der Waals surface area contributed by atoms with Crippen molar-refractivity contribution < 1.29 is 4.79 Å². The van der Waals surface area contributed by atoms with Gasteiger partial charge in [-0.1, -0.05) is 24.3 Å². The maximum atomic E-state index is 12.3. The van der Waals surface area contributed by atoms with Gasteiger partial charge in [0.15, 0.2) is 0 Å². The molecule has 1 aromatic carbocycles. The Morgan fingerprint density at radius 1 is 0.857 bits per heavy atom. The Bertz CT molecular complexity index is 891. The number of rotatable bonds is 5. The van der Waals surface area contributed by atoms with Crippen molar-refractivity contribution in [3.05, 3.63) is 84.4 Å². The highest BCUT2D eigenvalue weighted by atomic mass is 16.1. The average molecular weight is 373 g/mol. The van der Waals surface area contributed by atoms with Crippen LogP contribution < -0.4 is 15.1 Å². The van der Waals surface area contributed by atoms with Crippen molar-refractivity contribution in [2.24, 2.45) is 0 Å². The van der Waals surface area contributed by atoms with E-state index in [4.69, 9.17) is 0 Å². The maximum absolute atomic E-state index is 12.3. The molecular weight excluding hydrogens is 350 g/mol. The molecule has 3 aromatic rings. The zero-order valence-electron chi connectivity index (χ0n) is 15.7. The van der Waals surface area contributed by atoms with Crippen LogP contribution >= 0.6 is 0 Å². The van der Waals surface area contributed by atoms with Crippen molar-refractivity contribution in [3.8, 4) is 0 Å². The zero-order chi connectivity index (χ0) is 19.2. The number of hydrogen-bond donors (Lipinski definition) is 1. The molecule has 4 rings (SSSR count). The molecule has 0 aliphatic carbocycles. The van der Waals surface area contributed by atoms with Crippen molar-refractivity contribution in [2.75, 3.05) is 36.0 Å². The fourth-order valence-electron chi connectivity index (χ4n) is 3.34. The summed E-state index contributed by atoms with van der Waals surface area (Å²) in [4.78, 5) is 25.4. The predicted octanol–water partition coefficient (Wildman–Crippen LogP) is 2.73. The number of amides is 1. The molecule has 1 saturated heterocycles. The van der Waals surface area contributed by atoms with Gasteiger partial charge >= 0.3 is 0 Å². The first-order chi connectivity index (χ1) is 13.8. The van der Waals surface area contributed by atoms with E-state index in [1.165, 1.54) is 5.69 Å². The number of nitrogens with zero attached hydrogens (tertiary/aromatic N) is 4. The van der Waals surface area contributed by atoms with E-state index in [2.05, 4.69) is 49.4 Å². The quantitative estimate of drug-likeness (QED) is 0.745. The summed E-state index contributed by atoms with van der Waals surface area (Å²) in [5.41, 5.74) is 3.71. The Kier molecular flexibility index (Phi) is 5.47. The second kappa shape index (κ2) is 8.52. The van der Waals surface area contributed by atoms with Crippen LogP contribution in [-0.2, 0) is 6.54 Å². The van der Waals surface area contributed by atoms with E-state index < -0.39 is 0 Å². The Balaban J connectivity index is 1.31. The van der Waals surface area contributed by atoms with Crippen molar-refractivity contribution in [3.63, 3.8) is 0 Å². The summed E-state index contributed by atoms with van der Waals surface area (Å²) in [7, 11) is 0. The number of benzene rings is 1. The third-order valence-corrected chi connectivity index (χ3v) is 4.92. The molecule has 142 valence electrons. The molecule has 0 spiro atoms. The van der Waals surface area contributed by atoms with Crippen LogP contribution in [0.5, 0.6) is 0 Å². The number of piperazine rings is 1. The van der Waals surface area contributed by atoms with Crippen molar-refractivity contribution in [2.45, 2.75) is 6.54 Å². The zero-order valence-corrected chi connectivity index (χ0v) is 15.7. The maximum Gasteiger partial charge on any atom is 0.270 e. The smallest absolute Gasteiger partial charge is 0.270 e. The lowest BCUT2D eigenvalue weighted by molar-refractivity contribution is 0.0946. The standard InChI is InChI=1S/C22H23N5O/c28-22(25-16-18-5-4-10-23-15-18)21-9-8-20(17-24-21)27-13-11-26(12-14-27)19-6-2-1-3-7-19/h1-10,15,17H,11-14,16H2,(H,25,28). The summed E-state index contributed by atoms with van der Waals surface area (Å²) in [6.07, 6.45) is 5.24. The number of nitrogens with one attached hydrogen (secondary N) is 1. The summed E-state index contributed by atoms with van der Waals surface area (Å²) in [5, 5.41) is 2.88. The average Bonchev–Trinajstić information content (AvgIpc) is 2.79. The first-order valence-corrected chi connectivity index (χ1v) is 9.48. The van der Waals surface area contributed by atoms with E-state index >= 15 is 0 Å². The molecule has 2 aromatic heterocycles. The fraction of sp³-hybridized carbons (Fsp3) is 0.227. The van der Waals surface area contributed by atoms with Crippen molar-refractivity contribution >= 4 is 17.3 Å². The number of aromatic nitrogens is 2. The highest BCUT2D eigenvalue weighted by molar-refractivity contribution is 5.92. The summed E-state index contributed by atoms with van der Waals surface area (Å²) in [6.45, 7) is 4.25. The van der Waals surface area contributed by atoms with Gasteiger partial charge in [0, 0.05) is 50.8 Å². The molecule has 0 bridgehead atoms. The van der Waals surface area contributed by atoms with Gasteiger partial charge in [-0.05, 0) is 35.9 Å². The van der Waals surface area contributed by atoms with Crippen LogP contribution in [0.3, 0.4) is 0 Å². The lowest BCUT2D eigenvalue weighted by Gasteiger charge is -2.37. The summed E-state index contributed by atoms with van der Waals surface area (Å²) in [5.74, 6) is -0.177. The normalized spacial score (nSPS) is 14.0. The van der Waals surface area contributed by atoms with Gasteiger partial charge in [0.2, 0.25) is 0 Å². The number of hydrogen-bond acceptors (Lipinski definition) is 5. The van der Waals surface area contributed by atoms with Gasteiger partial charge in [-0.3, -0.25) is 9.78 Å². The predicted molar refractivity (Wildman–Crippen MR) is 111 cm³/mol. The van der Waals surface area contributed by atoms with E-state index in [1.807, 2.05) is 24.3 Å². The van der Waals surface area contributed by atoms with Crippen LogP contribution in [0, 0.1) is 0 Å². The minimum Gasteiger partial charge on any atom is -0.368 e. The molecule has 1 aliphatic rings. The van der Waals surface area contributed by atoms with Gasteiger partial charge in [-0.15, -0.1) is 0 Å². The Morgan fingerprint density at radius 3 is 2.25 bits per heavy atom. The van der Waals surface area contributed by atoms with Gasteiger partial charge in [0.25, 0.3) is 5.91 Å². The molecular formula is C22H23N5O. The van der Waals surface area contributed by atoms with E-state index in [-0.39, 0.29) is 5.91 Å². The van der Waals surface area contributed by atoms with Crippen LogP contribution in [0.4, 0.5) is 11.4 Å². The third kappa shape index (κ3) is 4.28. The van der Waals surface area contributed by atoms with E-state index in [0.29, 0.717) is 12.2 Å². The topological polar surface area (TPSA) is 61.4 Å². The summed E-state index contributed by atoms with van der Waals surface area (Å²) in [6, 6.07) is 18.0. The van der Waals surface area contributed by atoms with Crippen LogP contribution in [0.25, 0.3) is 0 Å². The molecule has 0 unspecified atom stereocenters. The number of carbonyl (C=O) groups excluding carboxylic acids is 1. The molecule has 1 fully saturated rings. The second-order valence-corrected chi connectivity index (χ2v) is 6.76. The molecule has 1 aliphatic heterocycles. The minimum absolute atomic E-state index is 0.177. The molecule has 6 nitrogen and oxygen atoms in total. The number of para-hydroxylation sites is 1. The molecule has 3 heterocycles. The van der Waals surface area contributed by atoms with Crippen LogP contribution in [0.1, 0.15) is 16.1 Å². The van der Waals surface area contributed by atoms with Crippen molar-refractivity contribution in [1.82, 2.24) is 15.3 Å². The molecule has 1 amide bonds. The van der Waals surface area contributed by atoms with Gasteiger partial charge in [-0.2, -0.15) is 0 Å². The fourth-order valence-corrected chi connectivity index (χ4v) is 3.34. The summed E-state index contributed by atoms with van der Waals surface area (Å²) < 4.78 is 0. The highest BCUT2D eigenvalue weighted by Crippen LogP contribution is 2.20. The SMILES string of the molecule is O=C(NCc1cccnc1)c1ccc(N2CCN(c3ccccc3)CC2)cn1. The van der Waals surface area contributed by atoms with E-state index in [0.717, 1.165) is 37.4 Å². The molecule has 0 atom stereocenters. The van der Waals surface area contributed by atoms with Gasteiger partial charge in [0.05, 0.1) is 11.9 Å². The molecule has 0 radical (unpaired) electrons. The Morgan fingerprint density at radius 2 is 1.61 bits per heavy atom. The summed E-state index contributed by atoms with van der Waals surface area (Å²) >= 11 is 0. The minimum atomic E-state index is -0.177. The first-order valence-electron chi connectivity index (χ1n) is 9.48. The van der Waals surface area contributed by atoms with E-state index in [9.17, 15) is 4.79 Å². The highest BCUT2D eigenvalue weighted by Gasteiger charge is 2.18. The molecule has 0 saturated carbocycles. The number of pyridine rings is 2. The monoisotopic (exact) mass is 373 g/mol. The Hall–Kier alpha value is -3.41. The van der Waals surface area contributed by atoms with Crippen LogP contribution in [-0.4, -0.2) is 42.1 Å². The van der Waals surface area contributed by atoms with Crippen LogP contribution in [0.2, 0.25) is 0 Å². The second-order valence-electron chi connectivity index (χ2n) is 6.76. The van der Waals surface area contributed by atoms with Gasteiger partial charge < -0.3 is 15.1 Å². The molecule has 28 heavy (non-hydrogen) atoms. The number of carbonyl (C=O) groups is 1. The number of anilines is 2.